The third-order valence-corrected chi connectivity index (χ3v) is 4.99. The van der Waals surface area contributed by atoms with Crippen LogP contribution in [0.3, 0.4) is 0 Å². The van der Waals surface area contributed by atoms with Crippen molar-refractivity contribution in [3.63, 3.8) is 0 Å². The number of nitrogens with zero attached hydrogens (tertiary/aromatic N) is 3. The molecule has 0 spiro atoms. The SMILES string of the molecule is CN(Cc1nc2ccccc2s1)c1ncc(C(F)(F)F)s1. The minimum Gasteiger partial charge on any atom is -0.344 e. The highest BCUT2D eigenvalue weighted by molar-refractivity contribution is 7.18. The molecule has 0 bridgehead atoms. The van der Waals surface area contributed by atoms with E-state index in [1.54, 1.807) is 11.9 Å². The second kappa shape index (κ2) is 5.27. The van der Waals surface area contributed by atoms with Gasteiger partial charge in [-0.15, -0.1) is 11.3 Å². The van der Waals surface area contributed by atoms with E-state index in [0.29, 0.717) is 23.0 Å². The largest absolute Gasteiger partial charge is 0.427 e. The molecule has 0 aliphatic rings. The van der Waals surface area contributed by atoms with Crippen LogP contribution < -0.4 is 4.90 Å². The zero-order valence-corrected chi connectivity index (χ0v) is 12.5. The number of anilines is 1. The van der Waals surface area contributed by atoms with E-state index in [1.807, 2.05) is 24.3 Å². The van der Waals surface area contributed by atoms with Gasteiger partial charge in [-0.05, 0) is 12.1 Å². The molecule has 2 heterocycles. The van der Waals surface area contributed by atoms with Crippen LogP contribution in [0.4, 0.5) is 18.3 Å². The van der Waals surface area contributed by atoms with Gasteiger partial charge in [0.05, 0.1) is 23.0 Å². The van der Waals surface area contributed by atoms with Crippen LogP contribution in [0.15, 0.2) is 30.5 Å². The Morgan fingerprint density at radius 1 is 1.19 bits per heavy atom. The fourth-order valence-electron chi connectivity index (χ4n) is 1.83. The molecule has 0 radical (unpaired) electrons. The summed E-state index contributed by atoms with van der Waals surface area (Å²) in [6.07, 6.45) is -3.47. The first-order valence-corrected chi connectivity index (χ1v) is 7.65. The highest BCUT2D eigenvalue weighted by atomic mass is 32.1. The number of para-hydroxylation sites is 1. The monoisotopic (exact) mass is 329 g/mol. The Kier molecular flexibility index (Phi) is 3.58. The van der Waals surface area contributed by atoms with Gasteiger partial charge in [0.25, 0.3) is 0 Å². The number of benzene rings is 1. The molecule has 3 rings (SSSR count). The number of aromatic nitrogens is 2. The molecular formula is C13H10F3N3S2. The van der Waals surface area contributed by atoms with Crippen LogP contribution in [0.25, 0.3) is 10.2 Å². The molecule has 1 aromatic carbocycles. The van der Waals surface area contributed by atoms with Crippen LogP contribution in [-0.4, -0.2) is 17.0 Å². The molecule has 0 atom stereocenters. The Balaban J connectivity index is 1.79. The standard InChI is InChI=1S/C13H10F3N3S2/c1-19(12-17-6-10(21-12)13(14,15)16)7-11-18-8-4-2-3-5-9(8)20-11/h2-6H,7H2,1H3. The molecule has 0 N–H and O–H groups in total. The molecule has 8 heteroatoms. The summed E-state index contributed by atoms with van der Waals surface area (Å²) in [4.78, 5) is 9.29. The topological polar surface area (TPSA) is 29.0 Å². The normalized spacial score (nSPS) is 12.0. The summed E-state index contributed by atoms with van der Waals surface area (Å²) in [5.74, 6) is 0. The van der Waals surface area contributed by atoms with E-state index in [1.165, 1.54) is 11.3 Å². The molecule has 2 aromatic heterocycles. The van der Waals surface area contributed by atoms with Gasteiger partial charge in [-0.1, -0.05) is 23.5 Å². The van der Waals surface area contributed by atoms with Crippen LogP contribution in [0.2, 0.25) is 0 Å². The number of hydrogen-bond acceptors (Lipinski definition) is 5. The molecule has 0 saturated heterocycles. The highest BCUT2D eigenvalue weighted by Crippen LogP contribution is 2.36. The average molecular weight is 329 g/mol. The minimum absolute atomic E-state index is 0.335. The second-order valence-electron chi connectivity index (χ2n) is 4.44. The van der Waals surface area contributed by atoms with Gasteiger partial charge < -0.3 is 4.90 Å². The summed E-state index contributed by atoms with van der Waals surface area (Å²) in [5, 5.41) is 1.18. The van der Waals surface area contributed by atoms with Crippen molar-refractivity contribution >= 4 is 38.0 Å². The summed E-state index contributed by atoms with van der Waals surface area (Å²) < 4.78 is 38.8. The smallest absolute Gasteiger partial charge is 0.344 e. The minimum atomic E-state index is -4.34. The molecule has 21 heavy (non-hydrogen) atoms. The summed E-state index contributed by atoms with van der Waals surface area (Å²) in [7, 11) is 1.71. The average Bonchev–Trinajstić information content (AvgIpc) is 3.04. The molecule has 0 unspecified atom stereocenters. The molecule has 0 fully saturated rings. The van der Waals surface area contributed by atoms with Crippen molar-refractivity contribution in [1.29, 1.82) is 0 Å². The summed E-state index contributed by atoms with van der Waals surface area (Å²) in [5.41, 5.74) is 0.904. The lowest BCUT2D eigenvalue weighted by Crippen LogP contribution is -2.15. The van der Waals surface area contributed by atoms with Crippen LogP contribution in [-0.2, 0) is 12.7 Å². The van der Waals surface area contributed by atoms with E-state index in [-0.39, 0.29) is 0 Å². The van der Waals surface area contributed by atoms with Crippen LogP contribution in [0.5, 0.6) is 0 Å². The maximum atomic E-state index is 12.6. The quantitative estimate of drug-likeness (QED) is 0.713. The third kappa shape index (κ3) is 3.01. The molecule has 0 aliphatic heterocycles. The van der Waals surface area contributed by atoms with Gasteiger partial charge in [-0.3, -0.25) is 0 Å². The van der Waals surface area contributed by atoms with E-state index in [0.717, 1.165) is 21.4 Å². The second-order valence-corrected chi connectivity index (χ2v) is 6.56. The Bertz CT molecular complexity index is 730. The predicted octanol–water partition coefficient (Wildman–Crippen LogP) is 4.41. The van der Waals surface area contributed by atoms with Crippen molar-refractivity contribution in [2.24, 2.45) is 0 Å². The highest BCUT2D eigenvalue weighted by Gasteiger charge is 2.33. The first-order valence-electron chi connectivity index (χ1n) is 6.02. The van der Waals surface area contributed by atoms with Crippen molar-refractivity contribution in [2.75, 3.05) is 11.9 Å². The Morgan fingerprint density at radius 3 is 2.62 bits per heavy atom. The van der Waals surface area contributed by atoms with Gasteiger partial charge in [-0.25, -0.2) is 9.97 Å². The molecular weight excluding hydrogens is 319 g/mol. The van der Waals surface area contributed by atoms with Crippen LogP contribution in [0, 0.1) is 0 Å². The predicted molar refractivity (Wildman–Crippen MR) is 78.8 cm³/mol. The van der Waals surface area contributed by atoms with Crippen molar-refractivity contribution in [1.82, 2.24) is 9.97 Å². The van der Waals surface area contributed by atoms with Crippen LogP contribution in [0.1, 0.15) is 9.88 Å². The van der Waals surface area contributed by atoms with E-state index >= 15 is 0 Å². The van der Waals surface area contributed by atoms with Crippen molar-refractivity contribution in [3.05, 3.63) is 40.3 Å². The summed E-state index contributed by atoms with van der Waals surface area (Å²) in [6.45, 7) is 0.435. The van der Waals surface area contributed by atoms with Gasteiger partial charge in [0.15, 0.2) is 5.13 Å². The van der Waals surface area contributed by atoms with E-state index in [4.69, 9.17) is 0 Å². The molecule has 0 aliphatic carbocycles. The number of rotatable bonds is 3. The number of thiazole rings is 2. The maximum absolute atomic E-state index is 12.6. The molecule has 3 nitrogen and oxygen atoms in total. The fourth-order valence-corrected chi connectivity index (χ4v) is 3.60. The molecule has 3 aromatic rings. The molecule has 0 amide bonds. The van der Waals surface area contributed by atoms with E-state index in [9.17, 15) is 13.2 Å². The first kappa shape index (κ1) is 14.3. The van der Waals surface area contributed by atoms with Crippen molar-refractivity contribution in [2.45, 2.75) is 12.7 Å². The summed E-state index contributed by atoms with van der Waals surface area (Å²) >= 11 is 2.18. The number of hydrogen-bond donors (Lipinski definition) is 0. The molecule has 110 valence electrons. The van der Waals surface area contributed by atoms with Gasteiger partial charge in [0, 0.05) is 7.05 Å². The Morgan fingerprint density at radius 2 is 1.95 bits per heavy atom. The number of halogens is 3. The lowest BCUT2D eigenvalue weighted by atomic mass is 10.3. The lowest BCUT2D eigenvalue weighted by Gasteiger charge is -2.13. The zero-order chi connectivity index (χ0) is 15.0. The van der Waals surface area contributed by atoms with Gasteiger partial charge in [0.1, 0.15) is 9.88 Å². The number of alkyl halides is 3. The van der Waals surface area contributed by atoms with Crippen LogP contribution >= 0.6 is 22.7 Å². The molecule has 0 saturated carbocycles. The lowest BCUT2D eigenvalue weighted by molar-refractivity contribution is -0.134. The van der Waals surface area contributed by atoms with Crippen molar-refractivity contribution < 1.29 is 13.2 Å². The third-order valence-electron chi connectivity index (χ3n) is 2.81. The fraction of sp³-hybridized carbons (Fsp3) is 0.231. The first-order chi connectivity index (χ1) is 9.93. The van der Waals surface area contributed by atoms with E-state index in [2.05, 4.69) is 9.97 Å². The van der Waals surface area contributed by atoms with Gasteiger partial charge >= 0.3 is 6.18 Å². The van der Waals surface area contributed by atoms with Gasteiger partial charge in [-0.2, -0.15) is 13.2 Å². The van der Waals surface area contributed by atoms with Crippen molar-refractivity contribution in [3.8, 4) is 0 Å². The number of fused-ring (bicyclic) bond motifs is 1. The zero-order valence-electron chi connectivity index (χ0n) is 10.9. The Hall–Kier alpha value is -1.67. The Labute approximate surface area is 126 Å². The van der Waals surface area contributed by atoms with E-state index < -0.39 is 11.1 Å². The van der Waals surface area contributed by atoms with Gasteiger partial charge in [0.2, 0.25) is 0 Å². The maximum Gasteiger partial charge on any atom is 0.427 e. The summed E-state index contributed by atoms with van der Waals surface area (Å²) in [6, 6.07) is 7.73.